The van der Waals surface area contributed by atoms with Crippen LogP contribution >= 0.6 is 11.6 Å². The minimum absolute atomic E-state index is 0.0204. The molecule has 1 amide bonds. The van der Waals surface area contributed by atoms with Gasteiger partial charge in [0, 0.05) is 12.1 Å². The summed E-state index contributed by atoms with van der Waals surface area (Å²) in [6.07, 6.45) is 0. The Morgan fingerprint density at radius 1 is 1.03 bits per heavy atom. The average molecular weight is 444 g/mol. The van der Waals surface area contributed by atoms with Crippen molar-refractivity contribution >= 4 is 33.2 Å². The van der Waals surface area contributed by atoms with Crippen LogP contribution in [0.4, 0.5) is 10.1 Å². The van der Waals surface area contributed by atoms with Gasteiger partial charge in [-0.2, -0.15) is 5.26 Å². The fraction of sp³-hybridized carbons (Fsp3) is 0.0476. The molecule has 9 heteroatoms. The van der Waals surface area contributed by atoms with E-state index in [1.165, 1.54) is 18.2 Å². The molecular formula is C21H15ClFN3O3S. The lowest BCUT2D eigenvalue weighted by molar-refractivity contribution is 0.0951. The average Bonchev–Trinajstić information content (AvgIpc) is 2.74. The highest BCUT2D eigenvalue weighted by atomic mass is 35.5. The van der Waals surface area contributed by atoms with Crippen LogP contribution < -0.4 is 10.0 Å². The molecule has 152 valence electrons. The van der Waals surface area contributed by atoms with Gasteiger partial charge in [-0.05, 0) is 60.2 Å². The van der Waals surface area contributed by atoms with Crippen molar-refractivity contribution in [3.63, 3.8) is 0 Å². The predicted molar refractivity (Wildman–Crippen MR) is 111 cm³/mol. The number of anilines is 1. The Bertz CT molecular complexity index is 1220. The Morgan fingerprint density at radius 2 is 1.70 bits per heavy atom. The number of nitrogens with zero attached hydrogens (tertiary/aromatic N) is 1. The van der Waals surface area contributed by atoms with E-state index in [0.29, 0.717) is 5.56 Å². The quantitative estimate of drug-likeness (QED) is 0.599. The molecule has 0 heterocycles. The zero-order valence-corrected chi connectivity index (χ0v) is 17.0. The van der Waals surface area contributed by atoms with E-state index in [9.17, 15) is 17.6 Å². The van der Waals surface area contributed by atoms with E-state index < -0.39 is 21.7 Å². The number of hydrogen-bond donors (Lipinski definition) is 2. The Hall–Kier alpha value is -3.41. The fourth-order valence-electron chi connectivity index (χ4n) is 2.54. The number of hydrogen-bond acceptors (Lipinski definition) is 4. The molecule has 0 spiro atoms. The molecule has 3 rings (SSSR count). The molecule has 0 unspecified atom stereocenters. The molecule has 0 aliphatic rings. The lowest BCUT2D eigenvalue weighted by atomic mass is 10.1. The number of amides is 1. The molecule has 0 saturated carbocycles. The van der Waals surface area contributed by atoms with Crippen molar-refractivity contribution in [1.82, 2.24) is 5.32 Å². The number of rotatable bonds is 6. The van der Waals surface area contributed by atoms with Crippen molar-refractivity contribution in [3.05, 3.63) is 94.3 Å². The standard InChI is InChI=1S/C21H15ClFN3O3S/c22-19-10-5-16(21(27)25-13-15-3-1-14(12-24)2-4-15)11-20(19)26-30(28,29)18-8-6-17(23)7-9-18/h1-11,26H,13H2,(H,25,27). The van der Waals surface area contributed by atoms with Crippen molar-refractivity contribution in [3.8, 4) is 6.07 Å². The first-order valence-corrected chi connectivity index (χ1v) is 10.5. The van der Waals surface area contributed by atoms with Crippen molar-refractivity contribution in [2.45, 2.75) is 11.4 Å². The summed E-state index contributed by atoms with van der Waals surface area (Å²) in [6, 6.07) is 17.3. The van der Waals surface area contributed by atoms with Gasteiger partial charge >= 0.3 is 0 Å². The van der Waals surface area contributed by atoms with Crippen LogP contribution in [0.25, 0.3) is 0 Å². The zero-order chi connectivity index (χ0) is 21.7. The number of carbonyl (C=O) groups is 1. The summed E-state index contributed by atoms with van der Waals surface area (Å²) in [5.41, 5.74) is 1.53. The normalized spacial score (nSPS) is 10.8. The smallest absolute Gasteiger partial charge is 0.261 e. The predicted octanol–water partition coefficient (Wildman–Crippen LogP) is 4.08. The van der Waals surface area contributed by atoms with Gasteiger partial charge in [-0.3, -0.25) is 9.52 Å². The maximum Gasteiger partial charge on any atom is 0.261 e. The van der Waals surface area contributed by atoms with E-state index in [1.54, 1.807) is 24.3 Å². The number of nitriles is 1. The first kappa shape index (κ1) is 21.3. The lowest BCUT2D eigenvalue weighted by Crippen LogP contribution is -2.23. The summed E-state index contributed by atoms with van der Waals surface area (Å²) in [5.74, 6) is -0.994. The molecule has 2 N–H and O–H groups in total. The van der Waals surface area contributed by atoms with Crippen LogP contribution in [-0.2, 0) is 16.6 Å². The summed E-state index contributed by atoms with van der Waals surface area (Å²) >= 11 is 6.08. The van der Waals surface area contributed by atoms with Crippen molar-refractivity contribution in [1.29, 1.82) is 5.26 Å². The van der Waals surface area contributed by atoms with Crippen LogP contribution in [0.2, 0.25) is 5.02 Å². The highest BCUT2D eigenvalue weighted by Crippen LogP contribution is 2.26. The van der Waals surface area contributed by atoms with Crippen LogP contribution in [0.1, 0.15) is 21.5 Å². The van der Waals surface area contributed by atoms with E-state index in [1.807, 2.05) is 6.07 Å². The fourth-order valence-corrected chi connectivity index (χ4v) is 3.84. The third kappa shape index (κ3) is 5.14. The van der Waals surface area contributed by atoms with E-state index >= 15 is 0 Å². The highest BCUT2D eigenvalue weighted by Gasteiger charge is 2.17. The molecule has 0 aromatic heterocycles. The molecule has 0 aliphatic carbocycles. The molecular weight excluding hydrogens is 429 g/mol. The number of carbonyl (C=O) groups excluding carboxylic acids is 1. The van der Waals surface area contributed by atoms with Crippen LogP contribution in [-0.4, -0.2) is 14.3 Å². The number of nitrogens with one attached hydrogen (secondary N) is 2. The van der Waals surface area contributed by atoms with Crippen LogP contribution in [0.5, 0.6) is 0 Å². The second kappa shape index (κ2) is 8.95. The van der Waals surface area contributed by atoms with Crippen LogP contribution in [0.15, 0.2) is 71.6 Å². The van der Waals surface area contributed by atoms with Gasteiger partial charge in [-0.1, -0.05) is 23.7 Å². The first-order valence-electron chi connectivity index (χ1n) is 8.64. The van der Waals surface area contributed by atoms with Crippen molar-refractivity contribution < 1.29 is 17.6 Å². The molecule has 0 aliphatic heterocycles. The summed E-state index contributed by atoms with van der Waals surface area (Å²) < 4.78 is 40.3. The van der Waals surface area contributed by atoms with Gasteiger partial charge in [0.1, 0.15) is 5.82 Å². The molecule has 6 nitrogen and oxygen atoms in total. The van der Waals surface area contributed by atoms with Gasteiger partial charge in [0.05, 0.1) is 27.2 Å². The Labute approximate surface area is 178 Å². The van der Waals surface area contributed by atoms with Crippen LogP contribution in [0.3, 0.4) is 0 Å². The molecule has 30 heavy (non-hydrogen) atoms. The topological polar surface area (TPSA) is 99.1 Å². The van der Waals surface area contributed by atoms with Gasteiger partial charge in [-0.15, -0.1) is 0 Å². The maximum atomic E-state index is 13.0. The molecule has 0 radical (unpaired) electrons. The van der Waals surface area contributed by atoms with Gasteiger partial charge in [0.25, 0.3) is 15.9 Å². The minimum atomic E-state index is -4.02. The van der Waals surface area contributed by atoms with Gasteiger partial charge in [0.15, 0.2) is 0 Å². The number of benzene rings is 3. The monoisotopic (exact) mass is 443 g/mol. The molecule has 0 saturated heterocycles. The van der Waals surface area contributed by atoms with Gasteiger partial charge in [0.2, 0.25) is 0 Å². The van der Waals surface area contributed by atoms with E-state index in [4.69, 9.17) is 16.9 Å². The number of sulfonamides is 1. The van der Waals surface area contributed by atoms with Gasteiger partial charge < -0.3 is 5.32 Å². The zero-order valence-electron chi connectivity index (χ0n) is 15.4. The summed E-state index contributed by atoms with van der Waals surface area (Å²) in [6.45, 7) is 0.226. The second-order valence-electron chi connectivity index (χ2n) is 6.25. The largest absolute Gasteiger partial charge is 0.348 e. The Balaban J connectivity index is 1.74. The summed E-state index contributed by atoms with van der Waals surface area (Å²) in [4.78, 5) is 12.3. The Morgan fingerprint density at radius 3 is 2.33 bits per heavy atom. The third-order valence-electron chi connectivity index (χ3n) is 4.13. The molecule has 0 atom stereocenters. The molecule has 0 fully saturated rings. The summed E-state index contributed by atoms with van der Waals surface area (Å²) in [5, 5.41) is 11.6. The molecule has 3 aromatic rings. The Kier molecular flexibility index (Phi) is 6.35. The lowest BCUT2D eigenvalue weighted by Gasteiger charge is -2.12. The third-order valence-corrected chi connectivity index (χ3v) is 5.84. The first-order chi connectivity index (χ1) is 14.3. The number of halogens is 2. The van der Waals surface area contributed by atoms with E-state index in [0.717, 1.165) is 29.8 Å². The molecule has 0 bridgehead atoms. The van der Waals surface area contributed by atoms with E-state index in [-0.39, 0.29) is 27.7 Å². The molecule has 3 aromatic carbocycles. The SMILES string of the molecule is N#Cc1ccc(CNC(=O)c2ccc(Cl)c(NS(=O)(=O)c3ccc(F)cc3)c2)cc1. The van der Waals surface area contributed by atoms with Crippen LogP contribution in [0, 0.1) is 17.1 Å². The van der Waals surface area contributed by atoms with Gasteiger partial charge in [-0.25, -0.2) is 12.8 Å². The maximum absolute atomic E-state index is 13.0. The second-order valence-corrected chi connectivity index (χ2v) is 8.34. The highest BCUT2D eigenvalue weighted by molar-refractivity contribution is 7.92. The minimum Gasteiger partial charge on any atom is -0.348 e. The van der Waals surface area contributed by atoms with E-state index in [2.05, 4.69) is 10.0 Å². The van der Waals surface area contributed by atoms with Crippen molar-refractivity contribution in [2.24, 2.45) is 0 Å². The summed E-state index contributed by atoms with van der Waals surface area (Å²) in [7, 11) is -4.02. The van der Waals surface area contributed by atoms with Crippen molar-refractivity contribution in [2.75, 3.05) is 4.72 Å².